The summed E-state index contributed by atoms with van der Waals surface area (Å²) in [6, 6.07) is 3.12. The topological polar surface area (TPSA) is 82.5 Å². The van der Waals surface area contributed by atoms with E-state index in [1.165, 1.54) is 23.9 Å². The number of hydrogen-bond donors (Lipinski definition) is 3. The summed E-state index contributed by atoms with van der Waals surface area (Å²) in [7, 11) is 0. The maximum atomic E-state index is 10.7. The Balaban J connectivity index is 2.78. The predicted octanol–water partition coefficient (Wildman–Crippen LogP) is -0.380. The standard InChI is InChI=1S/C7H8N2O3/c10-6(7(11)9-12)5-2-1-3-8-4-5/h1-4,6,10,12H,(H,9,11). The second kappa shape index (κ2) is 3.80. The summed E-state index contributed by atoms with van der Waals surface area (Å²) in [6.07, 6.45) is 1.50. The molecule has 5 nitrogen and oxygen atoms in total. The third kappa shape index (κ3) is 1.77. The third-order valence-electron chi connectivity index (χ3n) is 1.36. The van der Waals surface area contributed by atoms with Gasteiger partial charge in [0.1, 0.15) is 0 Å². The Morgan fingerprint density at radius 1 is 1.67 bits per heavy atom. The van der Waals surface area contributed by atoms with Crippen molar-refractivity contribution in [3.8, 4) is 0 Å². The number of pyridine rings is 1. The van der Waals surface area contributed by atoms with Crippen LogP contribution in [0, 0.1) is 0 Å². The highest BCUT2D eigenvalue weighted by atomic mass is 16.5. The van der Waals surface area contributed by atoms with E-state index < -0.39 is 12.0 Å². The molecule has 1 atom stereocenters. The number of rotatable bonds is 2. The molecule has 0 spiro atoms. The molecule has 0 aromatic carbocycles. The Bertz CT molecular complexity index is 263. The van der Waals surface area contributed by atoms with E-state index in [-0.39, 0.29) is 0 Å². The highest BCUT2D eigenvalue weighted by molar-refractivity contribution is 5.80. The lowest BCUT2D eigenvalue weighted by Gasteiger charge is -2.06. The molecule has 0 fully saturated rings. The lowest BCUT2D eigenvalue weighted by molar-refractivity contribution is -0.138. The average molecular weight is 168 g/mol. The molecule has 0 aliphatic carbocycles. The average Bonchev–Trinajstić information content (AvgIpc) is 2.17. The molecule has 0 aliphatic rings. The van der Waals surface area contributed by atoms with Gasteiger partial charge in [0.25, 0.3) is 5.91 Å². The van der Waals surface area contributed by atoms with Gasteiger partial charge < -0.3 is 5.11 Å². The summed E-state index contributed by atoms with van der Waals surface area (Å²) in [5.74, 6) is -0.872. The van der Waals surface area contributed by atoms with Crippen molar-refractivity contribution in [2.24, 2.45) is 0 Å². The molecule has 0 bridgehead atoms. The van der Waals surface area contributed by atoms with Crippen molar-refractivity contribution >= 4 is 5.91 Å². The van der Waals surface area contributed by atoms with Crippen molar-refractivity contribution < 1.29 is 15.1 Å². The molecule has 1 heterocycles. The summed E-state index contributed by atoms with van der Waals surface area (Å²) >= 11 is 0. The Labute approximate surface area is 68.6 Å². The first-order valence-electron chi connectivity index (χ1n) is 3.27. The molecular formula is C7H8N2O3. The van der Waals surface area contributed by atoms with Gasteiger partial charge in [-0.15, -0.1) is 0 Å². The van der Waals surface area contributed by atoms with Crippen LogP contribution in [0.3, 0.4) is 0 Å². The fourth-order valence-corrected chi connectivity index (χ4v) is 0.750. The first-order valence-corrected chi connectivity index (χ1v) is 3.27. The summed E-state index contributed by atoms with van der Waals surface area (Å²) in [6.45, 7) is 0. The summed E-state index contributed by atoms with van der Waals surface area (Å²) in [4.78, 5) is 14.4. The van der Waals surface area contributed by atoms with Crippen LogP contribution in [0.2, 0.25) is 0 Å². The highest BCUT2D eigenvalue weighted by Gasteiger charge is 2.15. The number of carbonyl (C=O) groups is 1. The van der Waals surface area contributed by atoms with E-state index in [0.29, 0.717) is 5.56 Å². The van der Waals surface area contributed by atoms with Gasteiger partial charge in [-0.2, -0.15) is 0 Å². The van der Waals surface area contributed by atoms with Gasteiger partial charge in [-0.25, -0.2) is 5.48 Å². The monoisotopic (exact) mass is 168 g/mol. The van der Waals surface area contributed by atoms with Crippen LogP contribution in [0.5, 0.6) is 0 Å². The number of hydroxylamine groups is 1. The number of nitrogens with zero attached hydrogens (tertiary/aromatic N) is 1. The van der Waals surface area contributed by atoms with Gasteiger partial charge in [0, 0.05) is 18.0 Å². The van der Waals surface area contributed by atoms with Crippen LogP contribution in [-0.2, 0) is 4.79 Å². The fraction of sp³-hybridized carbons (Fsp3) is 0.143. The second-order valence-corrected chi connectivity index (χ2v) is 2.16. The van der Waals surface area contributed by atoms with E-state index in [1.807, 2.05) is 0 Å². The van der Waals surface area contributed by atoms with E-state index in [4.69, 9.17) is 5.21 Å². The van der Waals surface area contributed by atoms with Gasteiger partial charge in [-0.05, 0) is 6.07 Å². The van der Waals surface area contributed by atoms with Crippen LogP contribution in [0.15, 0.2) is 24.5 Å². The predicted molar refractivity (Wildman–Crippen MR) is 39.1 cm³/mol. The minimum absolute atomic E-state index is 0.337. The summed E-state index contributed by atoms with van der Waals surface area (Å²) in [5, 5.41) is 17.4. The maximum absolute atomic E-state index is 10.7. The minimum Gasteiger partial charge on any atom is -0.378 e. The van der Waals surface area contributed by atoms with Crippen LogP contribution in [0.25, 0.3) is 0 Å². The van der Waals surface area contributed by atoms with Crippen molar-refractivity contribution in [2.75, 3.05) is 0 Å². The Morgan fingerprint density at radius 2 is 2.42 bits per heavy atom. The largest absolute Gasteiger partial charge is 0.378 e. The number of aromatic nitrogens is 1. The first kappa shape index (κ1) is 8.63. The Morgan fingerprint density at radius 3 is 2.92 bits per heavy atom. The van der Waals surface area contributed by atoms with Crippen LogP contribution in [-0.4, -0.2) is 21.2 Å². The Kier molecular flexibility index (Phi) is 2.73. The third-order valence-corrected chi connectivity index (χ3v) is 1.36. The summed E-state index contributed by atoms with van der Waals surface area (Å²) in [5.41, 5.74) is 1.68. The molecule has 0 aliphatic heterocycles. The van der Waals surface area contributed by atoms with Crippen LogP contribution in [0.1, 0.15) is 11.7 Å². The van der Waals surface area contributed by atoms with Gasteiger partial charge in [-0.3, -0.25) is 15.0 Å². The van der Waals surface area contributed by atoms with Crippen LogP contribution in [0.4, 0.5) is 0 Å². The molecule has 3 N–H and O–H groups in total. The van der Waals surface area contributed by atoms with E-state index >= 15 is 0 Å². The van der Waals surface area contributed by atoms with E-state index in [1.54, 1.807) is 6.07 Å². The number of carbonyl (C=O) groups excluding carboxylic acids is 1. The van der Waals surface area contributed by atoms with Gasteiger partial charge in [0.15, 0.2) is 6.10 Å². The van der Waals surface area contributed by atoms with Crippen molar-refractivity contribution in [3.05, 3.63) is 30.1 Å². The zero-order chi connectivity index (χ0) is 8.97. The molecule has 12 heavy (non-hydrogen) atoms. The Hall–Kier alpha value is -1.46. The van der Waals surface area contributed by atoms with Crippen molar-refractivity contribution in [3.63, 3.8) is 0 Å². The summed E-state index contributed by atoms with van der Waals surface area (Å²) < 4.78 is 0. The van der Waals surface area contributed by atoms with Crippen LogP contribution >= 0.6 is 0 Å². The normalized spacial score (nSPS) is 12.2. The molecule has 0 saturated heterocycles. The second-order valence-electron chi connectivity index (χ2n) is 2.16. The number of aliphatic hydroxyl groups is 1. The van der Waals surface area contributed by atoms with Crippen molar-refractivity contribution in [1.29, 1.82) is 0 Å². The smallest absolute Gasteiger partial charge is 0.276 e. The quantitative estimate of drug-likeness (QED) is 0.415. The van der Waals surface area contributed by atoms with Crippen molar-refractivity contribution in [2.45, 2.75) is 6.10 Å². The van der Waals surface area contributed by atoms with Gasteiger partial charge in [0.2, 0.25) is 0 Å². The molecule has 1 aromatic heterocycles. The first-order chi connectivity index (χ1) is 5.75. The fourth-order valence-electron chi connectivity index (χ4n) is 0.750. The van der Waals surface area contributed by atoms with E-state index in [0.717, 1.165) is 0 Å². The SMILES string of the molecule is O=C(NO)C(O)c1cccnc1. The maximum Gasteiger partial charge on any atom is 0.276 e. The van der Waals surface area contributed by atoms with Crippen LogP contribution < -0.4 is 5.48 Å². The highest BCUT2D eigenvalue weighted by Crippen LogP contribution is 2.09. The van der Waals surface area contributed by atoms with Gasteiger partial charge in [-0.1, -0.05) is 6.07 Å². The van der Waals surface area contributed by atoms with Crippen molar-refractivity contribution in [1.82, 2.24) is 10.5 Å². The lowest BCUT2D eigenvalue weighted by Crippen LogP contribution is -2.26. The number of hydrogen-bond acceptors (Lipinski definition) is 4. The molecule has 1 aromatic rings. The lowest BCUT2D eigenvalue weighted by atomic mass is 10.1. The molecule has 5 heteroatoms. The molecule has 64 valence electrons. The number of aliphatic hydroxyl groups excluding tert-OH is 1. The minimum atomic E-state index is -1.37. The molecular weight excluding hydrogens is 160 g/mol. The number of nitrogens with one attached hydrogen (secondary N) is 1. The molecule has 1 rings (SSSR count). The number of amides is 1. The zero-order valence-corrected chi connectivity index (χ0v) is 6.14. The molecule has 0 radical (unpaired) electrons. The molecule has 0 saturated carbocycles. The zero-order valence-electron chi connectivity index (χ0n) is 6.14. The van der Waals surface area contributed by atoms with Gasteiger partial charge >= 0.3 is 0 Å². The van der Waals surface area contributed by atoms with E-state index in [2.05, 4.69) is 4.98 Å². The van der Waals surface area contributed by atoms with Gasteiger partial charge in [0.05, 0.1) is 0 Å². The molecule has 1 amide bonds. The molecule has 1 unspecified atom stereocenters. The van der Waals surface area contributed by atoms with E-state index in [9.17, 15) is 9.90 Å².